The second-order valence-corrected chi connectivity index (χ2v) is 5.47. The Bertz CT molecular complexity index is 577. The van der Waals surface area contributed by atoms with E-state index < -0.39 is 0 Å². The number of aliphatic imine (C=N–C) groups is 1. The molecular formula is C18H25N3O. The Kier molecular flexibility index (Phi) is 6.19. The van der Waals surface area contributed by atoms with Crippen molar-refractivity contribution in [2.45, 2.75) is 52.6 Å². The number of imidazole rings is 1. The lowest BCUT2D eigenvalue weighted by Gasteiger charge is -2.11. The normalized spacial score (nSPS) is 11.8. The van der Waals surface area contributed by atoms with Crippen molar-refractivity contribution >= 4 is 11.6 Å². The van der Waals surface area contributed by atoms with E-state index in [1.54, 1.807) is 0 Å². The molecule has 0 radical (unpaired) electrons. The molecule has 0 bridgehead atoms. The van der Waals surface area contributed by atoms with E-state index in [2.05, 4.69) is 18.8 Å². The van der Waals surface area contributed by atoms with Crippen LogP contribution in [0.3, 0.4) is 0 Å². The third kappa shape index (κ3) is 4.20. The van der Waals surface area contributed by atoms with Crippen LogP contribution in [-0.2, 0) is 13.1 Å². The van der Waals surface area contributed by atoms with Gasteiger partial charge in [-0.05, 0) is 25.0 Å². The smallest absolute Gasteiger partial charge is 0.292 e. The fraction of sp³-hybridized carbons (Fsp3) is 0.444. The van der Waals surface area contributed by atoms with Gasteiger partial charge in [0.2, 0.25) is 0 Å². The first kappa shape index (κ1) is 16.3. The van der Waals surface area contributed by atoms with Crippen molar-refractivity contribution in [1.82, 2.24) is 4.57 Å². The molecule has 0 saturated carbocycles. The molecule has 2 aromatic rings. The van der Waals surface area contributed by atoms with Crippen LogP contribution in [0.4, 0.5) is 5.69 Å². The van der Waals surface area contributed by atoms with Crippen LogP contribution in [0.1, 0.15) is 45.4 Å². The van der Waals surface area contributed by atoms with Gasteiger partial charge in [0, 0.05) is 0 Å². The van der Waals surface area contributed by atoms with Gasteiger partial charge < -0.3 is 5.11 Å². The van der Waals surface area contributed by atoms with Crippen LogP contribution in [0.5, 0.6) is 0 Å². The van der Waals surface area contributed by atoms with Crippen LogP contribution in [-0.4, -0.2) is 10.5 Å². The monoisotopic (exact) mass is 299 g/mol. The van der Waals surface area contributed by atoms with Gasteiger partial charge in [-0.3, -0.25) is 4.99 Å². The highest BCUT2D eigenvalue weighted by Crippen LogP contribution is 2.11. The Labute approximate surface area is 132 Å². The minimum Gasteiger partial charge on any atom is -0.853 e. The molecule has 0 aliphatic carbocycles. The van der Waals surface area contributed by atoms with Gasteiger partial charge in [0.15, 0.2) is 0 Å². The molecule has 0 fully saturated rings. The van der Waals surface area contributed by atoms with Gasteiger partial charge in [0.25, 0.3) is 5.82 Å². The number of benzene rings is 1. The molecule has 118 valence electrons. The predicted molar refractivity (Wildman–Crippen MR) is 87.1 cm³/mol. The average Bonchev–Trinajstić information content (AvgIpc) is 2.94. The van der Waals surface area contributed by atoms with Crippen molar-refractivity contribution in [3.8, 4) is 0 Å². The number of unbranched alkanes of at least 4 members (excludes halogenated alkanes) is 2. The summed E-state index contributed by atoms with van der Waals surface area (Å²) in [6, 6.07) is 9.43. The van der Waals surface area contributed by atoms with Crippen LogP contribution in [0.25, 0.3) is 0 Å². The summed E-state index contributed by atoms with van der Waals surface area (Å²) in [6.07, 6.45) is 8.34. The Morgan fingerprint density at radius 1 is 1.14 bits per heavy atom. The standard InChI is InChI=1S/C18H25N3O/c1-3-5-12-20-14-15-21(13-6-4-2)18(20)17(22)19-16-10-8-7-9-11-16/h7-11,14-15H,3-6,12-13H2,1-2H3. The first-order chi connectivity index (χ1) is 10.8. The minimum absolute atomic E-state index is 0.164. The SMILES string of the molecule is CCCCn1cc[n+](CCCC)c1C([O-])=Nc1ccccc1. The molecule has 2 rings (SSSR count). The molecule has 22 heavy (non-hydrogen) atoms. The highest BCUT2D eigenvalue weighted by atomic mass is 16.3. The van der Waals surface area contributed by atoms with Crippen LogP contribution in [0.2, 0.25) is 0 Å². The zero-order chi connectivity index (χ0) is 15.8. The number of rotatable bonds is 8. The van der Waals surface area contributed by atoms with Crippen molar-refractivity contribution < 1.29 is 9.67 Å². The van der Waals surface area contributed by atoms with E-state index >= 15 is 0 Å². The number of aromatic nitrogens is 2. The number of aryl methyl sites for hydroxylation is 2. The average molecular weight is 299 g/mol. The predicted octanol–water partition coefficient (Wildman–Crippen LogP) is 2.81. The van der Waals surface area contributed by atoms with Gasteiger partial charge in [-0.2, -0.15) is 0 Å². The van der Waals surface area contributed by atoms with E-state index in [0.29, 0.717) is 11.5 Å². The zero-order valence-electron chi connectivity index (χ0n) is 13.5. The first-order valence-electron chi connectivity index (χ1n) is 8.16. The molecule has 0 N–H and O–H groups in total. The summed E-state index contributed by atoms with van der Waals surface area (Å²) in [4.78, 5) is 4.26. The third-order valence-electron chi connectivity index (χ3n) is 3.65. The Hall–Kier alpha value is -2.10. The highest BCUT2D eigenvalue weighted by molar-refractivity contribution is 5.87. The summed E-state index contributed by atoms with van der Waals surface area (Å²) in [5, 5.41) is 12.6. The summed E-state index contributed by atoms with van der Waals surface area (Å²) >= 11 is 0. The quantitative estimate of drug-likeness (QED) is 0.420. The maximum Gasteiger partial charge on any atom is 0.292 e. The second-order valence-electron chi connectivity index (χ2n) is 5.47. The number of hydrogen-bond acceptors (Lipinski definition) is 2. The Balaban J connectivity index is 2.32. The maximum atomic E-state index is 12.6. The number of para-hydroxylation sites is 1. The van der Waals surface area contributed by atoms with Gasteiger partial charge in [-0.25, -0.2) is 9.13 Å². The van der Waals surface area contributed by atoms with Crippen molar-refractivity contribution in [1.29, 1.82) is 0 Å². The molecular weight excluding hydrogens is 274 g/mol. The van der Waals surface area contributed by atoms with Crippen molar-refractivity contribution in [2.75, 3.05) is 0 Å². The summed E-state index contributed by atoms with van der Waals surface area (Å²) in [6.45, 7) is 6.04. The van der Waals surface area contributed by atoms with Crippen LogP contribution >= 0.6 is 0 Å². The van der Waals surface area contributed by atoms with Gasteiger partial charge >= 0.3 is 0 Å². The van der Waals surface area contributed by atoms with Crippen LogP contribution < -0.4 is 9.67 Å². The Morgan fingerprint density at radius 3 is 2.55 bits per heavy atom. The van der Waals surface area contributed by atoms with Gasteiger partial charge in [-0.15, -0.1) is 0 Å². The maximum absolute atomic E-state index is 12.6. The number of hydrogen-bond donors (Lipinski definition) is 0. The molecule has 0 amide bonds. The molecule has 1 aromatic carbocycles. The summed E-state index contributed by atoms with van der Waals surface area (Å²) in [5.41, 5.74) is 0.706. The molecule has 0 spiro atoms. The zero-order valence-corrected chi connectivity index (χ0v) is 13.5. The lowest BCUT2D eigenvalue weighted by atomic mass is 10.3. The molecule has 4 heteroatoms. The molecule has 1 aromatic heterocycles. The Morgan fingerprint density at radius 2 is 1.86 bits per heavy atom. The van der Waals surface area contributed by atoms with E-state index in [0.717, 1.165) is 38.8 Å². The van der Waals surface area contributed by atoms with E-state index in [4.69, 9.17) is 0 Å². The largest absolute Gasteiger partial charge is 0.853 e. The van der Waals surface area contributed by atoms with Crippen molar-refractivity contribution in [3.05, 3.63) is 48.5 Å². The van der Waals surface area contributed by atoms with E-state index in [9.17, 15) is 5.11 Å². The van der Waals surface area contributed by atoms with E-state index in [1.165, 1.54) is 0 Å². The van der Waals surface area contributed by atoms with E-state index in [1.807, 2.05) is 51.9 Å². The van der Waals surface area contributed by atoms with Crippen LogP contribution in [0, 0.1) is 0 Å². The van der Waals surface area contributed by atoms with Crippen molar-refractivity contribution in [2.24, 2.45) is 4.99 Å². The summed E-state index contributed by atoms with van der Waals surface area (Å²) < 4.78 is 4.07. The first-order valence-corrected chi connectivity index (χ1v) is 8.16. The molecule has 0 aliphatic rings. The van der Waals surface area contributed by atoms with E-state index in [-0.39, 0.29) is 5.90 Å². The molecule has 0 aliphatic heterocycles. The third-order valence-corrected chi connectivity index (χ3v) is 3.65. The molecule has 0 unspecified atom stereocenters. The lowest BCUT2D eigenvalue weighted by molar-refractivity contribution is -0.700. The minimum atomic E-state index is -0.164. The molecule has 4 nitrogen and oxygen atoms in total. The number of nitrogens with zero attached hydrogens (tertiary/aromatic N) is 3. The second kappa shape index (κ2) is 8.37. The topological polar surface area (TPSA) is 44.2 Å². The summed E-state index contributed by atoms with van der Waals surface area (Å²) in [7, 11) is 0. The fourth-order valence-electron chi connectivity index (χ4n) is 2.40. The fourth-order valence-corrected chi connectivity index (χ4v) is 2.40. The molecule has 0 saturated heterocycles. The lowest BCUT2D eigenvalue weighted by Crippen LogP contribution is -2.43. The molecule has 1 heterocycles. The van der Waals surface area contributed by atoms with Gasteiger partial charge in [0.1, 0.15) is 12.4 Å². The van der Waals surface area contributed by atoms with Crippen molar-refractivity contribution in [3.63, 3.8) is 0 Å². The highest BCUT2D eigenvalue weighted by Gasteiger charge is 2.17. The molecule has 0 atom stereocenters. The van der Waals surface area contributed by atoms with Gasteiger partial charge in [-0.1, -0.05) is 44.9 Å². The summed E-state index contributed by atoms with van der Waals surface area (Å²) in [5.74, 6) is 0.522. The van der Waals surface area contributed by atoms with Crippen LogP contribution in [0.15, 0.2) is 47.7 Å². The van der Waals surface area contributed by atoms with Gasteiger partial charge in [0.05, 0.1) is 24.7 Å².